The van der Waals surface area contributed by atoms with Crippen molar-refractivity contribution < 1.29 is 4.74 Å². The van der Waals surface area contributed by atoms with Crippen molar-refractivity contribution in [1.29, 1.82) is 0 Å². The molecule has 0 radical (unpaired) electrons. The molecule has 2 nitrogen and oxygen atoms in total. The first-order valence-electron chi connectivity index (χ1n) is 4.23. The average molecular weight is 240 g/mol. The highest BCUT2D eigenvalue weighted by Gasteiger charge is 2.17. The first-order valence-corrected chi connectivity index (χ1v) is 5.02. The summed E-state index contributed by atoms with van der Waals surface area (Å²) in [4.78, 5) is 4.31. The normalized spacial score (nSPS) is 21.1. The van der Waals surface area contributed by atoms with E-state index in [2.05, 4.69) is 20.9 Å². The molecule has 0 aliphatic carbocycles. The van der Waals surface area contributed by atoms with Crippen LogP contribution in [0.5, 0.6) is 0 Å². The molecule has 13 heavy (non-hydrogen) atoms. The molecular formula is C10H10BrNO. The lowest BCUT2D eigenvalue weighted by Gasteiger charge is -2.06. The number of benzene rings is 1. The molecule has 1 unspecified atom stereocenters. The summed E-state index contributed by atoms with van der Waals surface area (Å²) in [6.45, 7) is 2.78. The predicted octanol–water partition coefficient (Wildman–Crippen LogP) is 2.61. The molecule has 2 rings (SSSR count). The van der Waals surface area contributed by atoms with Crippen molar-refractivity contribution in [3.05, 3.63) is 34.3 Å². The lowest BCUT2D eigenvalue weighted by molar-refractivity contribution is 0.246. The fraction of sp³-hybridized carbons (Fsp3) is 0.300. The predicted molar refractivity (Wildman–Crippen MR) is 56.1 cm³/mol. The second-order valence-electron chi connectivity index (χ2n) is 3.05. The first kappa shape index (κ1) is 8.75. The molecule has 0 aromatic heterocycles. The zero-order chi connectivity index (χ0) is 9.26. The number of hydrogen-bond acceptors (Lipinski definition) is 2. The lowest BCUT2D eigenvalue weighted by Crippen LogP contribution is -2.08. The largest absolute Gasteiger partial charge is 0.472 e. The molecule has 1 aliphatic rings. The van der Waals surface area contributed by atoms with Gasteiger partial charge in [0.05, 0.1) is 12.1 Å². The maximum absolute atomic E-state index is 5.55. The van der Waals surface area contributed by atoms with E-state index in [0.717, 1.165) is 22.5 Å². The molecular weight excluding hydrogens is 230 g/mol. The van der Waals surface area contributed by atoms with Crippen molar-refractivity contribution in [1.82, 2.24) is 0 Å². The third-order valence-corrected chi connectivity index (χ3v) is 2.60. The molecule has 68 valence electrons. The van der Waals surface area contributed by atoms with Gasteiger partial charge in [-0.3, -0.25) is 0 Å². The fourth-order valence-electron chi connectivity index (χ4n) is 1.26. The van der Waals surface area contributed by atoms with Crippen molar-refractivity contribution in [2.45, 2.75) is 13.0 Å². The average Bonchev–Trinajstić information content (AvgIpc) is 2.53. The van der Waals surface area contributed by atoms with Crippen molar-refractivity contribution in [3.8, 4) is 0 Å². The highest BCUT2D eigenvalue weighted by atomic mass is 79.9. The van der Waals surface area contributed by atoms with Gasteiger partial charge in [0.15, 0.2) is 0 Å². The third-order valence-electron chi connectivity index (χ3n) is 1.91. The molecule has 0 amide bonds. The van der Waals surface area contributed by atoms with Crippen LogP contribution in [0.4, 0.5) is 0 Å². The van der Waals surface area contributed by atoms with E-state index in [-0.39, 0.29) is 6.10 Å². The summed E-state index contributed by atoms with van der Waals surface area (Å²) in [5.41, 5.74) is 1.03. The van der Waals surface area contributed by atoms with Crippen LogP contribution in [-0.4, -0.2) is 18.5 Å². The molecule has 0 fully saturated rings. The van der Waals surface area contributed by atoms with Crippen LogP contribution in [-0.2, 0) is 4.74 Å². The molecule has 1 aromatic rings. The van der Waals surface area contributed by atoms with Gasteiger partial charge in [-0.15, -0.1) is 0 Å². The van der Waals surface area contributed by atoms with Crippen molar-refractivity contribution >= 4 is 21.8 Å². The topological polar surface area (TPSA) is 21.6 Å². The molecule has 0 N–H and O–H groups in total. The Bertz CT molecular complexity index is 349. The Morgan fingerprint density at radius 2 is 2.23 bits per heavy atom. The van der Waals surface area contributed by atoms with Gasteiger partial charge in [-0.05, 0) is 35.0 Å². The van der Waals surface area contributed by atoms with Gasteiger partial charge in [-0.25, -0.2) is 4.99 Å². The van der Waals surface area contributed by atoms with Gasteiger partial charge in [-0.2, -0.15) is 0 Å². The van der Waals surface area contributed by atoms with E-state index in [1.165, 1.54) is 0 Å². The van der Waals surface area contributed by atoms with Gasteiger partial charge in [0.1, 0.15) is 6.10 Å². The second-order valence-corrected chi connectivity index (χ2v) is 3.91. The molecule has 3 heteroatoms. The Hall–Kier alpha value is -0.830. The third kappa shape index (κ3) is 1.75. The van der Waals surface area contributed by atoms with Crippen LogP contribution in [0.3, 0.4) is 0 Å². The van der Waals surface area contributed by atoms with Crippen LogP contribution in [0.15, 0.2) is 33.7 Å². The van der Waals surface area contributed by atoms with Gasteiger partial charge in [0.2, 0.25) is 5.90 Å². The minimum absolute atomic E-state index is 0.210. The smallest absolute Gasteiger partial charge is 0.217 e. The molecule has 0 saturated carbocycles. The van der Waals surface area contributed by atoms with Crippen LogP contribution >= 0.6 is 15.9 Å². The van der Waals surface area contributed by atoms with Crippen LogP contribution < -0.4 is 0 Å². The van der Waals surface area contributed by atoms with Gasteiger partial charge in [0, 0.05) is 4.47 Å². The summed E-state index contributed by atoms with van der Waals surface area (Å²) in [7, 11) is 0. The summed E-state index contributed by atoms with van der Waals surface area (Å²) in [5, 5.41) is 0. The minimum Gasteiger partial charge on any atom is -0.472 e. The van der Waals surface area contributed by atoms with E-state index < -0.39 is 0 Å². The number of nitrogens with zero attached hydrogens (tertiary/aromatic N) is 1. The second kappa shape index (κ2) is 3.50. The van der Waals surface area contributed by atoms with Gasteiger partial charge in [0.25, 0.3) is 0 Å². The molecule has 0 bridgehead atoms. The molecule has 0 saturated heterocycles. The Balaban J connectivity index is 2.31. The number of halogens is 1. The Morgan fingerprint density at radius 1 is 1.46 bits per heavy atom. The van der Waals surface area contributed by atoms with E-state index in [0.29, 0.717) is 0 Å². The zero-order valence-corrected chi connectivity index (χ0v) is 8.91. The summed E-state index contributed by atoms with van der Waals surface area (Å²) in [6, 6.07) is 7.95. The van der Waals surface area contributed by atoms with Crippen molar-refractivity contribution in [2.24, 2.45) is 4.99 Å². The Morgan fingerprint density at radius 3 is 2.85 bits per heavy atom. The molecule has 1 aromatic carbocycles. The number of rotatable bonds is 1. The summed E-state index contributed by atoms with van der Waals surface area (Å²) < 4.78 is 6.58. The number of ether oxygens (including phenoxy) is 1. The molecule has 1 aliphatic heterocycles. The van der Waals surface area contributed by atoms with E-state index in [4.69, 9.17) is 4.74 Å². The lowest BCUT2D eigenvalue weighted by atomic mass is 10.2. The monoisotopic (exact) mass is 239 g/mol. The maximum atomic E-state index is 5.55. The van der Waals surface area contributed by atoms with Crippen molar-refractivity contribution in [3.63, 3.8) is 0 Å². The van der Waals surface area contributed by atoms with E-state index >= 15 is 0 Å². The van der Waals surface area contributed by atoms with Gasteiger partial charge >= 0.3 is 0 Å². The van der Waals surface area contributed by atoms with E-state index in [1.807, 2.05) is 31.2 Å². The summed E-state index contributed by atoms with van der Waals surface area (Å²) in [5.74, 6) is 0.750. The number of hydrogen-bond donors (Lipinski definition) is 0. The Kier molecular flexibility index (Phi) is 2.36. The van der Waals surface area contributed by atoms with Gasteiger partial charge in [-0.1, -0.05) is 12.1 Å². The van der Waals surface area contributed by atoms with Crippen LogP contribution in [0.25, 0.3) is 0 Å². The van der Waals surface area contributed by atoms with E-state index in [9.17, 15) is 0 Å². The first-order chi connectivity index (χ1) is 6.27. The summed E-state index contributed by atoms with van der Waals surface area (Å²) >= 11 is 3.47. The molecule has 0 spiro atoms. The van der Waals surface area contributed by atoms with Crippen LogP contribution in [0, 0.1) is 0 Å². The molecule has 1 atom stereocenters. The van der Waals surface area contributed by atoms with Gasteiger partial charge < -0.3 is 4.74 Å². The zero-order valence-electron chi connectivity index (χ0n) is 7.33. The fourth-order valence-corrected chi connectivity index (χ4v) is 1.71. The van der Waals surface area contributed by atoms with Crippen LogP contribution in [0.2, 0.25) is 0 Å². The SMILES string of the molecule is CC1CN=C(c2ccccc2Br)O1. The minimum atomic E-state index is 0.210. The Labute approximate surface area is 85.8 Å². The summed E-state index contributed by atoms with van der Waals surface area (Å²) in [6.07, 6.45) is 0.210. The van der Waals surface area contributed by atoms with Crippen LogP contribution in [0.1, 0.15) is 12.5 Å². The highest BCUT2D eigenvalue weighted by molar-refractivity contribution is 9.10. The molecule has 1 heterocycles. The quantitative estimate of drug-likeness (QED) is 0.739. The standard InChI is InChI=1S/C10H10BrNO/c1-7-6-12-10(13-7)8-4-2-3-5-9(8)11/h2-5,7H,6H2,1H3. The van der Waals surface area contributed by atoms with Crippen molar-refractivity contribution in [2.75, 3.05) is 6.54 Å². The maximum Gasteiger partial charge on any atom is 0.217 e. The number of aliphatic imine (C=N–C) groups is 1. The van der Waals surface area contributed by atoms with E-state index in [1.54, 1.807) is 0 Å². The highest BCUT2D eigenvalue weighted by Crippen LogP contribution is 2.20.